The lowest BCUT2D eigenvalue weighted by Crippen LogP contribution is -2.32. The SMILES string of the molecule is CC(=O)O[C@H]1OCC2OC(C)(C)O[C@@H]21. The van der Waals surface area contributed by atoms with Crippen LogP contribution < -0.4 is 0 Å². The Morgan fingerprint density at radius 3 is 2.79 bits per heavy atom. The molecule has 0 amide bonds. The highest BCUT2D eigenvalue weighted by atomic mass is 16.8. The topological polar surface area (TPSA) is 54.0 Å². The number of hydrogen-bond donors (Lipinski definition) is 0. The van der Waals surface area contributed by atoms with E-state index in [0.29, 0.717) is 6.61 Å². The molecule has 5 nitrogen and oxygen atoms in total. The second-order valence-electron chi connectivity index (χ2n) is 3.95. The van der Waals surface area contributed by atoms with Gasteiger partial charge < -0.3 is 18.9 Å². The maximum absolute atomic E-state index is 10.8. The molecule has 0 spiro atoms. The second kappa shape index (κ2) is 3.18. The van der Waals surface area contributed by atoms with Crippen molar-refractivity contribution in [1.82, 2.24) is 0 Å². The van der Waals surface area contributed by atoms with Crippen LogP contribution in [0.25, 0.3) is 0 Å². The molecule has 0 aliphatic carbocycles. The van der Waals surface area contributed by atoms with E-state index in [9.17, 15) is 4.79 Å². The summed E-state index contributed by atoms with van der Waals surface area (Å²) in [5.41, 5.74) is 0. The molecule has 80 valence electrons. The third-order valence-corrected chi connectivity index (χ3v) is 2.20. The van der Waals surface area contributed by atoms with Gasteiger partial charge in [-0.15, -0.1) is 0 Å². The molecule has 2 saturated heterocycles. The summed E-state index contributed by atoms with van der Waals surface area (Å²) in [6, 6.07) is 0. The van der Waals surface area contributed by atoms with Gasteiger partial charge in [-0.25, -0.2) is 0 Å². The highest BCUT2D eigenvalue weighted by Crippen LogP contribution is 2.35. The van der Waals surface area contributed by atoms with E-state index in [0.717, 1.165) is 0 Å². The van der Waals surface area contributed by atoms with Crippen molar-refractivity contribution in [2.75, 3.05) is 6.61 Å². The van der Waals surface area contributed by atoms with Crippen LogP contribution in [0.2, 0.25) is 0 Å². The van der Waals surface area contributed by atoms with Crippen LogP contribution in [0.15, 0.2) is 0 Å². The first-order chi connectivity index (χ1) is 6.48. The molecule has 3 atom stereocenters. The zero-order chi connectivity index (χ0) is 10.3. The van der Waals surface area contributed by atoms with Gasteiger partial charge in [0.05, 0.1) is 6.61 Å². The number of esters is 1. The third kappa shape index (κ3) is 1.75. The molecule has 5 heteroatoms. The van der Waals surface area contributed by atoms with Crippen LogP contribution in [0.5, 0.6) is 0 Å². The van der Waals surface area contributed by atoms with Crippen LogP contribution in [0.1, 0.15) is 20.8 Å². The number of hydrogen-bond acceptors (Lipinski definition) is 5. The Labute approximate surface area is 82.3 Å². The first-order valence-electron chi connectivity index (χ1n) is 4.62. The van der Waals surface area contributed by atoms with E-state index in [4.69, 9.17) is 18.9 Å². The number of rotatable bonds is 1. The molecular weight excluding hydrogens is 188 g/mol. The molecule has 0 aromatic carbocycles. The lowest BCUT2D eigenvalue weighted by Gasteiger charge is -2.21. The highest BCUT2D eigenvalue weighted by molar-refractivity contribution is 5.66. The van der Waals surface area contributed by atoms with Crippen molar-refractivity contribution in [3.05, 3.63) is 0 Å². The predicted molar refractivity (Wildman–Crippen MR) is 45.3 cm³/mol. The zero-order valence-electron chi connectivity index (χ0n) is 8.48. The molecule has 1 unspecified atom stereocenters. The van der Waals surface area contributed by atoms with E-state index in [2.05, 4.69) is 0 Å². The van der Waals surface area contributed by atoms with E-state index in [1.807, 2.05) is 13.8 Å². The van der Waals surface area contributed by atoms with E-state index < -0.39 is 12.1 Å². The van der Waals surface area contributed by atoms with Gasteiger partial charge >= 0.3 is 5.97 Å². The molecule has 0 N–H and O–H groups in total. The summed E-state index contributed by atoms with van der Waals surface area (Å²) in [5.74, 6) is -0.985. The Hall–Kier alpha value is -0.650. The van der Waals surface area contributed by atoms with Crippen LogP contribution in [-0.4, -0.2) is 36.9 Å². The average molecular weight is 202 g/mol. The molecule has 0 aromatic heterocycles. The van der Waals surface area contributed by atoms with Gasteiger partial charge in [-0.05, 0) is 13.8 Å². The Bertz CT molecular complexity index is 250. The lowest BCUT2D eigenvalue weighted by molar-refractivity contribution is -0.218. The standard InChI is InChI=1S/C9H14O5/c1-5(10)12-8-7-6(4-11-8)13-9(2,3)14-7/h6-8H,4H2,1-3H3/t6?,7-,8+/m0/s1. The molecule has 2 aliphatic heterocycles. The number of fused-ring (bicyclic) bond motifs is 1. The molecule has 2 rings (SSSR count). The largest absolute Gasteiger partial charge is 0.433 e. The molecule has 0 aromatic rings. The van der Waals surface area contributed by atoms with Gasteiger partial charge in [-0.1, -0.05) is 0 Å². The molecular formula is C9H14O5. The van der Waals surface area contributed by atoms with Gasteiger partial charge in [0.2, 0.25) is 6.29 Å². The summed E-state index contributed by atoms with van der Waals surface area (Å²) in [4.78, 5) is 10.8. The highest BCUT2D eigenvalue weighted by Gasteiger charge is 2.51. The number of carbonyl (C=O) groups is 1. The minimum Gasteiger partial charge on any atom is -0.433 e. The van der Waals surface area contributed by atoms with E-state index >= 15 is 0 Å². The predicted octanol–water partition coefficient (Wildman–Crippen LogP) is 0.426. The first kappa shape index (κ1) is 9.89. The molecule has 2 fully saturated rings. The van der Waals surface area contributed by atoms with Gasteiger partial charge in [0.25, 0.3) is 0 Å². The lowest BCUT2D eigenvalue weighted by atomic mass is 10.2. The van der Waals surface area contributed by atoms with Gasteiger partial charge in [-0.2, -0.15) is 0 Å². The minimum absolute atomic E-state index is 0.130. The molecule has 2 aliphatic rings. The number of carbonyl (C=O) groups excluding carboxylic acids is 1. The Morgan fingerprint density at radius 1 is 1.43 bits per heavy atom. The van der Waals surface area contributed by atoms with Crippen molar-refractivity contribution < 1.29 is 23.7 Å². The van der Waals surface area contributed by atoms with Crippen LogP contribution in [-0.2, 0) is 23.7 Å². The fourth-order valence-corrected chi connectivity index (χ4v) is 1.77. The van der Waals surface area contributed by atoms with Crippen LogP contribution in [0.3, 0.4) is 0 Å². The van der Waals surface area contributed by atoms with Crippen molar-refractivity contribution in [2.45, 2.75) is 45.1 Å². The first-order valence-corrected chi connectivity index (χ1v) is 4.62. The van der Waals surface area contributed by atoms with Crippen LogP contribution in [0, 0.1) is 0 Å². The monoisotopic (exact) mass is 202 g/mol. The van der Waals surface area contributed by atoms with E-state index in [-0.39, 0.29) is 18.2 Å². The maximum atomic E-state index is 10.8. The fourth-order valence-electron chi connectivity index (χ4n) is 1.77. The molecule has 2 heterocycles. The number of ether oxygens (including phenoxy) is 4. The summed E-state index contributed by atoms with van der Waals surface area (Å²) in [6.45, 7) is 5.41. The van der Waals surface area contributed by atoms with Crippen LogP contribution in [0.4, 0.5) is 0 Å². The Balaban J connectivity index is 2.01. The molecule has 0 saturated carbocycles. The smallest absolute Gasteiger partial charge is 0.305 e. The van der Waals surface area contributed by atoms with Crippen molar-refractivity contribution in [1.29, 1.82) is 0 Å². The summed E-state index contributed by atoms with van der Waals surface area (Å²) < 4.78 is 21.3. The Morgan fingerprint density at radius 2 is 2.14 bits per heavy atom. The summed E-state index contributed by atoms with van der Waals surface area (Å²) in [5, 5.41) is 0. The second-order valence-corrected chi connectivity index (χ2v) is 3.95. The van der Waals surface area contributed by atoms with Gasteiger partial charge in [-0.3, -0.25) is 4.79 Å². The van der Waals surface area contributed by atoms with E-state index in [1.165, 1.54) is 6.92 Å². The van der Waals surface area contributed by atoms with Gasteiger partial charge in [0.15, 0.2) is 11.9 Å². The average Bonchev–Trinajstić information content (AvgIpc) is 2.47. The van der Waals surface area contributed by atoms with E-state index in [1.54, 1.807) is 0 Å². The fraction of sp³-hybridized carbons (Fsp3) is 0.889. The summed E-state index contributed by atoms with van der Waals surface area (Å²) in [6.07, 6.45) is -1.05. The Kier molecular flexibility index (Phi) is 2.25. The van der Waals surface area contributed by atoms with Gasteiger partial charge in [0, 0.05) is 6.92 Å². The summed E-state index contributed by atoms with van der Waals surface area (Å²) in [7, 11) is 0. The quantitative estimate of drug-likeness (QED) is 0.577. The molecule has 0 radical (unpaired) electrons. The molecule has 14 heavy (non-hydrogen) atoms. The third-order valence-electron chi connectivity index (χ3n) is 2.20. The van der Waals surface area contributed by atoms with Gasteiger partial charge in [0.1, 0.15) is 6.10 Å². The van der Waals surface area contributed by atoms with Crippen molar-refractivity contribution in [2.24, 2.45) is 0 Å². The van der Waals surface area contributed by atoms with Crippen molar-refractivity contribution in [3.8, 4) is 0 Å². The van der Waals surface area contributed by atoms with Crippen molar-refractivity contribution in [3.63, 3.8) is 0 Å². The van der Waals surface area contributed by atoms with Crippen LogP contribution >= 0.6 is 0 Å². The maximum Gasteiger partial charge on any atom is 0.305 e. The minimum atomic E-state index is -0.626. The zero-order valence-corrected chi connectivity index (χ0v) is 8.48. The van der Waals surface area contributed by atoms with Crippen molar-refractivity contribution >= 4 is 5.97 Å². The summed E-state index contributed by atoms with van der Waals surface area (Å²) >= 11 is 0. The molecule has 0 bridgehead atoms. The normalized spacial score (nSPS) is 39.5.